The normalized spacial score (nSPS) is 12.3. The van der Waals surface area contributed by atoms with Crippen LogP contribution in [0.5, 0.6) is 5.75 Å². The largest absolute Gasteiger partial charge is 0.573 e. The van der Waals surface area contributed by atoms with Crippen molar-refractivity contribution < 1.29 is 31.1 Å². The summed E-state index contributed by atoms with van der Waals surface area (Å²) in [6.45, 7) is 0. The average Bonchev–Trinajstić information content (AvgIpc) is 3.29. The summed E-state index contributed by atoms with van der Waals surface area (Å²) in [5, 5.41) is 11.9. The van der Waals surface area contributed by atoms with Crippen molar-refractivity contribution in [2.24, 2.45) is 0 Å². The molecule has 11 aromatic rings. The van der Waals surface area contributed by atoms with E-state index in [9.17, 15) is 26.3 Å². The van der Waals surface area contributed by atoms with Gasteiger partial charge < -0.3 is 4.74 Å². The molecule has 0 aliphatic carbocycles. The summed E-state index contributed by atoms with van der Waals surface area (Å²) >= 11 is 0. The van der Waals surface area contributed by atoms with Crippen molar-refractivity contribution in [2.75, 3.05) is 0 Å². The minimum absolute atomic E-state index is 0.313. The maximum atomic E-state index is 14.3. The molecule has 0 spiro atoms. The van der Waals surface area contributed by atoms with Crippen LogP contribution in [0.1, 0.15) is 5.56 Å². The first-order chi connectivity index (χ1) is 30.5. The molecule has 0 amide bonds. The lowest BCUT2D eigenvalue weighted by Gasteiger charge is -2.21. The van der Waals surface area contributed by atoms with Crippen LogP contribution in [0, 0.1) is 0 Å². The Balaban J connectivity index is 1.29. The van der Waals surface area contributed by atoms with E-state index < -0.39 is 18.1 Å². The Morgan fingerprint density at radius 3 is 1.48 bits per heavy atom. The summed E-state index contributed by atoms with van der Waals surface area (Å²) in [5.74, 6) is -0.313. The highest BCUT2D eigenvalue weighted by molar-refractivity contribution is 6.25. The van der Waals surface area contributed by atoms with Crippen molar-refractivity contribution >= 4 is 64.6 Å². The van der Waals surface area contributed by atoms with E-state index in [-0.39, 0.29) is 5.75 Å². The van der Waals surface area contributed by atoms with E-state index >= 15 is 0 Å². The maximum Gasteiger partial charge on any atom is 0.573 e. The first-order valence-electron chi connectivity index (χ1n) is 20.4. The van der Waals surface area contributed by atoms with E-state index in [2.05, 4.69) is 71.5 Å². The van der Waals surface area contributed by atoms with Gasteiger partial charge in [0.25, 0.3) is 0 Å². The number of rotatable bonds is 5. The summed E-state index contributed by atoms with van der Waals surface area (Å²) in [5.41, 5.74) is 5.44. The number of alkyl halides is 6. The third kappa shape index (κ3) is 6.77. The van der Waals surface area contributed by atoms with Gasteiger partial charge in [-0.25, -0.2) is 0 Å². The second-order valence-electron chi connectivity index (χ2n) is 15.8. The molecule has 0 aliphatic heterocycles. The zero-order chi connectivity index (χ0) is 43.0. The Morgan fingerprint density at radius 1 is 0.302 bits per heavy atom. The molecule has 0 fully saturated rings. The molecule has 304 valence electrons. The second kappa shape index (κ2) is 14.5. The molecule has 0 saturated carbocycles. The predicted molar refractivity (Wildman–Crippen MR) is 245 cm³/mol. The second-order valence-corrected chi connectivity index (χ2v) is 15.8. The van der Waals surface area contributed by atoms with Crippen molar-refractivity contribution in [1.82, 2.24) is 0 Å². The summed E-state index contributed by atoms with van der Waals surface area (Å²) in [6.07, 6.45) is -9.36. The number of benzene rings is 11. The van der Waals surface area contributed by atoms with Crippen molar-refractivity contribution in [3.05, 3.63) is 200 Å². The monoisotopic (exact) mass is 834 g/mol. The number of halogens is 6. The van der Waals surface area contributed by atoms with Gasteiger partial charge in [0.15, 0.2) is 0 Å². The minimum atomic E-state index is -4.82. The van der Waals surface area contributed by atoms with Gasteiger partial charge in [-0.05, 0) is 170 Å². The zero-order valence-electron chi connectivity index (χ0n) is 33.2. The fraction of sp³-hybridized carbons (Fsp3) is 0.0357. The molecule has 0 heterocycles. The van der Waals surface area contributed by atoms with Gasteiger partial charge in [0.05, 0.1) is 5.56 Å². The van der Waals surface area contributed by atoms with Crippen molar-refractivity contribution in [3.8, 4) is 50.3 Å². The maximum absolute atomic E-state index is 14.3. The standard InChI is InChI=1S/C56H32F6O/c57-55(58,59)40-13-9-12-34(27-40)38-30-50(49-28-36-10-1-3-14-42(36)45-16-5-7-18-47(45)49)51-32-39-26-35(33-20-23-41(24-21-33)63-56(60,61)62)22-25-44(39)54(53(51)31-38)52-29-37-11-2-4-15-43(37)46-17-6-8-19-48(46)52/h1-32H. The molecule has 0 bridgehead atoms. The van der Waals surface area contributed by atoms with Crippen LogP contribution in [-0.4, -0.2) is 6.36 Å². The molecular weight excluding hydrogens is 803 g/mol. The Morgan fingerprint density at radius 2 is 0.841 bits per heavy atom. The third-order valence-corrected chi connectivity index (χ3v) is 12.1. The third-order valence-electron chi connectivity index (χ3n) is 12.1. The summed E-state index contributed by atoms with van der Waals surface area (Å²) < 4.78 is 86.3. The predicted octanol–water partition coefficient (Wildman–Crippen LogP) is 17.2. The van der Waals surface area contributed by atoms with Gasteiger partial charge >= 0.3 is 12.5 Å². The molecule has 0 radical (unpaired) electrons. The van der Waals surface area contributed by atoms with Gasteiger partial charge in [-0.2, -0.15) is 13.2 Å². The number of hydrogen-bond acceptors (Lipinski definition) is 1. The molecule has 0 saturated heterocycles. The van der Waals surface area contributed by atoms with Crippen LogP contribution >= 0.6 is 0 Å². The van der Waals surface area contributed by atoms with Crippen LogP contribution in [-0.2, 0) is 6.18 Å². The van der Waals surface area contributed by atoms with Crippen LogP contribution in [0.4, 0.5) is 26.3 Å². The SMILES string of the molecule is FC(F)(F)Oc1ccc(-c2ccc3c(-c4cc5ccccc5c5ccccc45)c4cc(-c5cccc(C(F)(F)F)c5)cc(-c5cc6ccccc6c6ccccc56)c4cc3c2)cc1. The molecule has 0 aliphatic rings. The minimum Gasteiger partial charge on any atom is -0.406 e. The average molecular weight is 835 g/mol. The lowest BCUT2D eigenvalue weighted by molar-refractivity contribution is -0.274. The molecule has 0 N–H and O–H groups in total. The molecule has 1 nitrogen and oxygen atoms in total. The lowest BCUT2D eigenvalue weighted by Crippen LogP contribution is -2.16. The molecule has 7 heteroatoms. The topological polar surface area (TPSA) is 9.23 Å². The quantitative estimate of drug-likeness (QED) is 0.0953. The molecular formula is C56H32F6O. The molecule has 0 aromatic heterocycles. The van der Waals surface area contributed by atoms with Gasteiger partial charge in [0.2, 0.25) is 0 Å². The highest BCUT2D eigenvalue weighted by Gasteiger charge is 2.32. The van der Waals surface area contributed by atoms with Crippen LogP contribution in [0.3, 0.4) is 0 Å². The highest BCUT2D eigenvalue weighted by Crippen LogP contribution is 2.48. The Bertz CT molecular complexity index is 3620. The first-order valence-corrected chi connectivity index (χ1v) is 20.4. The number of hydrogen-bond donors (Lipinski definition) is 0. The van der Waals surface area contributed by atoms with Gasteiger partial charge in [0, 0.05) is 0 Å². The zero-order valence-corrected chi connectivity index (χ0v) is 33.2. The van der Waals surface area contributed by atoms with Crippen molar-refractivity contribution in [2.45, 2.75) is 12.5 Å². The van der Waals surface area contributed by atoms with Crippen LogP contribution in [0.2, 0.25) is 0 Å². The van der Waals surface area contributed by atoms with E-state index in [0.29, 0.717) is 16.7 Å². The molecule has 0 atom stereocenters. The fourth-order valence-electron chi connectivity index (χ4n) is 9.35. The van der Waals surface area contributed by atoms with E-state index in [4.69, 9.17) is 0 Å². The fourth-order valence-corrected chi connectivity index (χ4v) is 9.35. The molecule has 11 rings (SSSR count). The van der Waals surface area contributed by atoms with Gasteiger partial charge in [-0.1, -0.05) is 133 Å². The van der Waals surface area contributed by atoms with E-state index in [1.54, 1.807) is 18.2 Å². The van der Waals surface area contributed by atoms with Gasteiger partial charge in [-0.3, -0.25) is 0 Å². The van der Waals surface area contributed by atoms with E-state index in [1.807, 2.05) is 78.9 Å². The molecule has 0 unspecified atom stereocenters. The molecule has 63 heavy (non-hydrogen) atoms. The molecule has 11 aromatic carbocycles. The van der Waals surface area contributed by atoms with Gasteiger partial charge in [0.1, 0.15) is 5.75 Å². The lowest BCUT2D eigenvalue weighted by atomic mass is 9.82. The van der Waals surface area contributed by atoms with Crippen LogP contribution < -0.4 is 4.74 Å². The smallest absolute Gasteiger partial charge is 0.406 e. The van der Waals surface area contributed by atoms with E-state index in [1.165, 1.54) is 24.3 Å². The first kappa shape index (κ1) is 38.3. The van der Waals surface area contributed by atoms with Gasteiger partial charge in [-0.15, -0.1) is 13.2 Å². The summed E-state index contributed by atoms with van der Waals surface area (Å²) in [4.78, 5) is 0. The highest BCUT2D eigenvalue weighted by atomic mass is 19.4. The van der Waals surface area contributed by atoms with E-state index in [0.717, 1.165) is 98.5 Å². The van der Waals surface area contributed by atoms with Crippen molar-refractivity contribution in [3.63, 3.8) is 0 Å². The van der Waals surface area contributed by atoms with Crippen LogP contribution in [0.25, 0.3) is 109 Å². The Labute approximate surface area is 357 Å². The Hall–Kier alpha value is -7.64. The summed E-state index contributed by atoms with van der Waals surface area (Å²) in [7, 11) is 0. The van der Waals surface area contributed by atoms with Crippen LogP contribution in [0.15, 0.2) is 194 Å². The number of fused-ring (bicyclic) bond motifs is 8. The summed E-state index contributed by atoms with van der Waals surface area (Å²) in [6, 6.07) is 60.7. The number of ether oxygens (including phenoxy) is 1. The Kier molecular flexibility index (Phi) is 8.81. The van der Waals surface area contributed by atoms with Crippen molar-refractivity contribution in [1.29, 1.82) is 0 Å².